The summed E-state index contributed by atoms with van der Waals surface area (Å²) < 4.78 is 0. The van der Waals surface area contributed by atoms with Crippen molar-refractivity contribution in [1.82, 2.24) is 14.9 Å². The van der Waals surface area contributed by atoms with Crippen LogP contribution in [0.2, 0.25) is 0 Å². The molecule has 1 aromatic carbocycles. The zero-order valence-electron chi connectivity index (χ0n) is 14.3. The minimum absolute atomic E-state index is 0.0237. The number of carbonyl (C=O) groups is 1. The predicted molar refractivity (Wildman–Crippen MR) is 99.7 cm³/mol. The average molecular weight is 345 g/mol. The molecular formula is C21H19N3O2. The Kier molecular flexibility index (Phi) is 4.35. The number of amides is 1. The van der Waals surface area contributed by atoms with Crippen LogP contribution in [0.25, 0.3) is 11.3 Å². The molecule has 1 amide bonds. The standard InChI is InChI=1S/C21H19N3O2/c25-20-17(10-11-18(23-20)15-6-2-1-3-7-15)21(26)24-13-5-9-19(24)16-8-4-12-22-14-16/h1-4,6-8,10-12,14,19H,5,9,13H2,(H,23,25)/t19-/m1/s1. The van der Waals surface area contributed by atoms with Gasteiger partial charge in [0.2, 0.25) is 0 Å². The van der Waals surface area contributed by atoms with E-state index in [0.717, 1.165) is 24.0 Å². The van der Waals surface area contributed by atoms with Crippen molar-refractivity contribution in [3.8, 4) is 11.3 Å². The van der Waals surface area contributed by atoms with Crippen LogP contribution in [-0.4, -0.2) is 27.3 Å². The van der Waals surface area contributed by atoms with Gasteiger partial charge in [0.05, 0.1) is 6.04 Å². The van der Waals surface area contributed by atoms with Crippen LogP contribution in [0.4, 0.5) is 0 Å². The highest BCUT2D eigenvalue weighted by atomic mass is 16.2. The molecule has 0 unspecified atom stereocenters. The van der Waals surface area contributed by atoms with E-state index < -0.39 is 0 Å². The number of likely N-dealkylation sites (tertiary alicyclic amines) is 1. The van der Waals surface area contributed by atoms with E-state index in [4.69, 9.17) is 0 Å². The number of aromatic nitrogens is 2. The van der Waals surface area contributed by atoms with Gasteiger partial charge >= 0.3 is 0 Å². The number of rotatable bonds is 3. The molecule has 1 saturated heterocycles. The molecule has 1 fully saturated rings. The number of hydrogen-bond acceptors (Lipinski definition) is 3. The Morgan fingerprint density at radius 2 is 1.92 bits per heavy atom. The summed E-state index contributed by atoms with van der Waals surface area (Å²) >= 11 is 0. The van der Waals surface area contributed by atoms with Crippen LogP contribution < -0.4 is 5.56 Å². The number of carbonyl (C=O) groups excluding carboxylic acids is 1. The molecule has 26 heavy (non-hydrogen) atoms. The monoisotopic (exact) mass is 345 g/mol. The molecule has 0 bridgehead atoms. The van der Waals surface area contributed by atoms with Gasteiger partial charge in [0.1, 0.15) is 5.56 Å². The first-order valence-electron chi connectivity index (χ1n) is 8.73. The molecule has 1 aliphatic heterocycles. The van der Waals surface area contributed by atoms with Gasteiger partial charge in [-0.1, -0.05) is 36.4 Å². The van der Waals surface area contributed by atoms with E-state index >= 15 is 0 Å². The lowest BCUT2D eigenvalue weighted by Crippen LogP contribution is -2.34. The lowest BCUT2D eigenvalue weighted by Gasteiger charge is -2.24. The molecule has 1 atom stereocenters. The summed E-state index contributed by atoms with van der Waals surface area (Å²) in [5, 5.41) is 0. The van der Waals surface area contributed by atoms with Crippen molar-refractivity contribution in [3.63, 3.8) is 0 Å². The van der Waals surface area contributed by atoms with Crippen molar-refractivity contribution < 1.29 is 4.79 Å². The Morgan fingerprint density at radius 3 is 2.65 bits per heavy atom. The van der Waals surface area contributed by atoms with Crippen molar-refractivity contribution in [1.29, 1.82) is 0 Å². The Balaban J connectivity index is 1.63. The van der Waals surface area contributed by atoms with Crippen molar-refractivity contribution in [2.75, 3.05) is 6.54 Å². The summed E-state index contributed by atoms with van der Waals surface area (Å²) in [6.07, 6.45) is 5.32. The molecule has 0 radical (unpaired) electrons. The molecule has 2 aromatic heterocycles. The molecule has 5 heteroatoms. The topological polar surface area (TPSA) is 66.1 Å². The van der Waals surface area contributed by atoms with E-state index in [2.05, 4.69) is 9.97 Å². The van der Waals surface area contributed by atoms with Gasteiger partial charge in [0.25, 0.3) is 11.5 Å². The summed E-state index contributed by atoms with van der Waals surface area (Å²) in [7, 11) is 0. The smallest absolute Gasteiger partial charge is 0.261 e. The second-order valence-electron chi connectivity index (χ2n) is 6.42. The van der Waals surface area contributed by atoms with Crippen molar-refractivity contribution in [2.45, 2.75) is 18.9 Å². The van der Waals surface area contributed by atoms with Gasteiger partial charge < -0.3 is 9.88 Å². The van der Waals surface area contributed by atoms with Gasteiger partial charge in [0.15, 0.2) is 0 Å². The fourth-order valence-corrected chi connectivity index (χ4v) is 3.51. The normalized spacial score (nSPS) is 16.6. The zero-order valence-corrected chi connectivity index (χ0v) is 14.3. The van der Waals surface area contributed by atoms with Crippen LogP contribution in [0, 0.1) is 0 Å². The number of nitrogens with zero attached hydrogens (tertiary/aromatic N) is 2. The minimum Gasteiger partial charge on any atom is -0.331 e. The highest BCUT2D eigenvalue weighted by Crippen LogP contribution is 2.32. The van der Waals surface area contributed by atoms with Crippen molar-refractivity contribution >= 4 is 5.91 Å². The van der Waals surface area contributed by atoms with Gasteiger partial charge in [-0.15, -0.1) is 0 Å². The second kappa shape index (κ2) is 6.96. The third kappa shape index (κ3) is 3.04. The second-order valence-corrected chi connectivity index (χ2v) is 6.42. The van der Waals surface area contributed by atoms with Crippen LogP contribution in [0.15, 0.2) is 71.8 Å². The number of nitrogens with one attached hydrogen (secondary N) is 1. The number of H-pyrrole nitrogens is 1. The van der Waals surface area contributed by atoms with Crippen LogP contribution in [0.5, 0.6) is 0 Å². The highest BCUT2D eigenvalue weighted by molar-refractivity contribution is 5.94. The van der Waals surface area contributed by atoms with Gasteiger partial charge in [-0.3, -0.25) is 14.6 Å². The molecule has 3 aromatic rings. The lowest BCUT2D eigenvalue weighted by atomic mass is 10.1. The highest BCUT2D eigenvalue weighted by Gasteiger charge is 2.31. The number of pyridine rings is 2. The largest absolute Gasteiger partial charge is 0.331 e. The summed E-state index contributed by atoms with van der Waals surface area (Å²) in [6, 6.07) is 16.8. The minimum atomic E-state index is -0.354. The van der Waals surface area contributed by atoms with Crippen LogP contribution in [0.3, 0.4) is 0 Å². The summed E-state index contributed by atoms with van der Waals surface area (Å²) in [4.78, 5) is 34.3. The molecule has 3 heterocycles. The number of aromatic amines is 1. The summed E-state index contributed by atoms with van der Waals surface area (Å²) in [5.41, 5.74) is 2.46. The van der Waals surface area contributed by atoms with E-state index in [9.17, 15) is 9.59 Å². The fourth-order valence-electron chi connectivity index (χ4n) is 3.51. The van der Waals surface area contributed by atoms with Gasteiger partial charge in [-0.05, 0) is 42.2 Å². The maximum Gasteiger partial charge on any atom is 0.261 e. The Morgan fingerprint density at radius 1 is 1.08 bits per heavy atom. The third-order valence-electron chi connectivity index (χ3n) is 4.81. The maximum atomic E-state index is 13.0. The molecule has 0 saturated carbocycles. The van der Waals surface area contributed by atoms with Crippen LogP contribution in [0.1, 0.15) is 34.8 Å². The molecule has 5 nitrogen and oxygen atoms in total. The summed E-state index contributed by atoms with van der Waals surface area (Å²) in [5.74, 6) is -0.225. The molecule has 130 valence electrons. The molecule has 0 aliphatic carbocycles. The molecular weight excluding hydrogens is 326 g/mol. The first kappa shape index (κ1) is 16.3. The van der Waals surface area contributed by atoms with E-state index in [-0.39, 0.29) is 23.1 Å². The first-order chi connectivity index (χ1) is 12.7. The number of hydrogen-bond donors (Lipinski definition) is 1. The van der Waals surface area contributed by atoms with Crippen molar-refractivity contribution in [3.05, 3.63) is 88.5 Å². The quantitative estimate of drug-likeness (QED) is 0.791. The molecule has 1 aliphatic rings. The van der Waals surface area contributed by atoms with Crippen LogP contribution >= 0.6 is 0 Å². The Hall–Kier alpha value is -3.21. The van der Waals surface area contributed by atoms with E-state index in [1.54, 1.807) is 29.4 Å². The van der Waals surface area contributed by atoms with E-state index in [1.165, 1.54) is 0 Å². The predicted octanol–water partition coefficient (Wildman–Crippen LogP) is 3.41. The molecule has 4 rings (SSSR count). The summed E-state index contributed by atoms with van der Waals surface area (Å²) in [6.45, 7) is 0.651. The first-order valence-corrected chi connectivity index (χ1v) is 8.73. The van der Waals surface area contributed by atoms with E-state index in [1.807, 2.05) is 42.5 Å². The Bertz CT molecular complexity index is 967. The Labute approximate surface area is 151 Å². The number of benzene rings is 1. The van der Waals surface area contributed by atoms with Gasteiger partial charge in [-0.25, -0.2) is 0 Å². The fraction of sp³-hybridized carbons (Fsp3) is 0.190. The lowest BCUT2D eigenvalue weighted by molar-refractivity contribution is 0.0733. The van der Waals surface area contributed by atoms with Crippen LogP contribution in [-0.2, 0) is 0 Å². The molecule has 0 spiro atoms. The van der Waals surface area contributed by atoms with Gasteiger partial charge in [-0.2, -0.15) is 0 Å². The average Bonchev–Trinajstić information content (AvgIpc) is 3.19. The van der Waals surface area contributed by atoms with E-state index in [0.29, 0.717) is 12.2 Å². The maximum absolute atomic E-state index is 13.0. The third-order valence-corrected chi connectivity index (χ3v) is 4.81. The van der Waals surface area contributed by atoms with Crippen molar-refractivity contribution in [2.24, 2.45) is 0 Å². The zero-order chi connectivity index (χ0) is 17.9. The van der Waals surface area contributed by atoms with Gasteiger partial charge in [0, 0.05) is 24.6 Å². The molecule has 1 N–H and O–H groups in total. The SMILES string of the molecule is O=C(c1ccc(-c2ccccc2)[nH]c1=O)N1CCC[C@@H]1c1cccnc1.